The first-order valence-corrected chi connectivity index (χ1v) is 10.9. The number of nitrogens with zero attached hydrogens (tertiary/aromatic N) is 3. The summed E-state index contributed by atoms with van der Waals surface area (Å²) in [7, 11) is 0. The Hall–Kier alpha value is -3.22. The van der Waals surface area contributed by atoms with Gasteiger partial charge in [0.05, 0.1) is 23.5 Å². The van der Waals surface area contributed by atoms with Gasteiger partial charge < -0.3 is 9.64 Å². The van der Waals surface area contributed by atoms with E-state index in [-0.39, 0.29) is 17.6 Å². The number of rotatable bonds is 8. The highest BCUT2D eigenvalue weighted by atomic mass is 19.1. The molecule has 0 radical (unpaired) electrons. The third-order valence-corrected chi connectivity index (χ3v) is 5.57. The molecule has 0 spiro atoms. The van der Waals surface area contributed by atoms with Crippen molar-refractivity contribution in [2.75, 3.05) is 6.54 Å². The van der Waals surface area contributed by atoms with Gasteiger partial charge in [-0.25, -0.2) is 13.5 Å². The highest BCUT2D eigenvalue weighted by Crippen LogP contribution is 2.35. The Morgan fingerprint density at radius 1 is 1.19 bits per heavy atom. The van der Waals surface area contributed by atoms with Crippen LogP contribution in [0.15, 0.2) is 48.5 Å². The molecule has 1 aliphatic rings. The average Bonchev–Trinajstić information content (AvgIpc) is 3.54. The predicted octanol–water partition coefficient (Wildman–Crippen LogP) is 5.65. The number of hydrogen-bond donors (Lipinski definition) is 0. The van der Waals surface area contributed by atoms with Crippen molar-refractivity contribution in [2.24, 2.45) is 11.8 Å². The minimum atomic E-state index is -0.803. The largest absolute Gasteiger partial charge is 0.435 e. The molecule has 168 valence electrons. The first-order chi connectivity index (χ1) is 15.3. The van der Waals surface area contributed by atoms with Crippen LogP contribution in [0.25, 0.3) is 5.69 Å². The molecule has 0 N–H and O–H groups in total. The van der Waals surface area contributed by atoms with Gasteiger partial charge in [-0.15, -0.1) is 0 Å². The van der Waals surface area contributed by atoms with E-state index in [0.717, 1.165) is 30.7 Å². The molecule has 2 aromatic carbocycles. The smallest absolute Gasteiger partial charge is 0.228 e. The van der Waals surface area contributed by atoms with Gasteiger partial charge in [0.1, 0.15) is 5.82 Å². The van der Waals surface area contributed by atoms with E-state index in [0.29, 0.717) is 36.1 Å². The molecule has 0 aliphatic heterocycles. The molecule has 1 saturated carbocycles. The summed E-state index contributed by atoms with van der Waals surface area (Å²) in [4.78, 5) is 14.8. The lowest BCUT2D eigenvalue weighted by atomic mass is 10.1. The maximum atomic E-state index is 14.4. The molecule has 0 unspecified atom stereocenters. The summed E-state index contributed by atoms with van der Waals surface area (Å²) in [6.07, 6.45) is 2.24. The lowest BCUT2D eigenvalue weighted by Gasteiger charge is -2.25. The molecule has 0 bridgehead atoms. The Balaban J connectivity index is 1.76. The molecule has 7 heteroatoms. The van der Waals surface area contributed by atoms with Gasteiger partial charge in [0, 0.05) is 18.5 Å². The molecule has 32 heavy (non-hydrogen) atoms. The summed E-state index contributed by atoms with van der Waals surface area (Å²) in [5.41, 5.74) is 2.12. The van der Waals surface area contributed by atoms with Crippen LogP contribution < -0.4 is 4.74 Å². The number of halogens is 2. The van der Waals surface area contributed by atoms with Crippen molar-refractivity contribution in [3.05, 3.63) is 71.4 Å². The van der Waals surface area contributed by atoms with Crippen LogP contribution in [-0.2, 0) is 11.3 Å². The van der Waals surface area contributed by atoms with Gasteiger partial charge in [0.2, 0.25) is 11.8 Å². The summed E-state index contributed by atoms with van der Waals surface area (Å²) in [6.45, 7) is 6.60. The van der Waals surface area contributed by atoms with E-state index >= 15 is 0 Å². The zero-order valence-corrected chi connectivity index (χ0v) is 18.5. The number of ether oxygens (including phenoxy) is 1. The predicted molar refractivity (Wildman–Crippen MR) is 118 cm³/mol. The van der Waals surface area contributed by atoms with Crippen molar-refractivity contribution in [3.8, 4) is 17.3 Å². The molecule has 1 heterocycles. The minimum absolute atomic E-state index is 0.0580. The molecule has 1 aliphatic carbocycles. The maximum Gasteiger partial charge on any atom is 0.228 e. The zero-order chi connectivity index (χ0) is 22.8. The SMILES string of the molecule is Cc1nn(-c2ccccc2)c(Oc2ccc(F)cc2F)c1CN(CC1CC1)C(=O)C(C)C. The zero-order valence-electron chi connectivity index (χ0n) is 18.5. The van der Waals surface area contributed by atoms with E-state index in [4.69, 9.17) is 4.74 Å². The highest BCUT2D eigenvalue weighted by Gasteiger charge is 2.30. The van der Waals surface area contributed by atoms with E-state index in [9.17, 15) is 13.6 Å². The fourth-order valence-corrected chi connectivity index (χ4v) is 3.63. The molecule has 4 rings (SSSR count). The highest BCUT2D eigenvalue weighted by molar-refractivity contribution is 5.78. The summed E-state index contributed by atoms with van der Waals surface area (Å²) in [6, 6.07) is 12.6. The minimum Gasteiger partial charge on any atom is -0.435 e. The number of aryl methyl sites for hydroxylation is 1. The van der Waals surface area contributed by atoms with E-state index in [2.05, 4.69) is 5.10 Å². The molecule has 0 atom stereocenters. The molecular formula is C25H27F2N3O2. The second-order valence-electron chi connectivity index (χ2n) is 8.61. The lowest BCUT2D eigenvalue weighted by Crippen LogP contribution is -2.35. The third-order valence-electron chi connectivity index (χ3n) is 5.57. The van der Waals surface area contributed by atoms with Gasteiger partial charge in [0.25, 0.3) is 0 Å². The summed E-state index contributed by atoms with van der Waals surface area (Å²) in [5.74, 6) is -0.838. The van der Waals surface area contributed by atoms with Crippen LogP contribution in [0.4, 0.5) is 8.78 Å². The summed E-state index contributed by atoms with van der Waals surface area (Å²) >= 11 is 0. The second kappa shape index (κ2) is 9.10. The number of hydrogen-bond acceptors (Lipinski definition) is 3. The number of benzene rings is 2. The molecule has 3 aromatic rings. The molecule has 0 saturated heterocycles. The molecular weight excluding hydrogens is 412 g/mol. The van der Waals surface area contributed by atoms with Crippen molar-refractivity contribution in [2.45, 2.75) is 40.2 Å². The van der Waals surface area contributed by atoms with Gasteiger partial charge in [-0.05, 0) is 49.9 Å². The fourth-order valence-electron chi connectivity index (χ4n) is 3.63. The summed E-state index contributed by atoms with van der Waals surface area (Å²) < 4.78 is 35.4. The van der Waals surface area contributed by atoms with Gasteiger partial charge in [-0.3, -0.25) is 4.79 Å². The third kappa shape index (κ3) is 4.82. The fraction of sp³-hybridized carbons (Fsp3) is 0.360. The van der Waals surface area contributed by atoms with Crippen molar-refractivity contribution in [1.29, 1.82) is 0 Å². The monoisotopic (exact) mass is 439 g/mol. The van der Waals surface area contributed by atoms with Crippen LogP contribution in [0, 0.1) is 30.4 Å². The number of amides is 1. The Morgan fingerprint density at radius 2 is 1.91 bits per heavy atom. The van der Waals surface area contributed by atoms with E-state index in [1.54, 1.807) is 4.68 Å². The first kappa shape index (κ1) is 22.0. The average molecular weight is 440 g/mol. The first-order valence-electron chi connectivity index (χ1n) is 10.9. The normalized spacial score (nSPS) is 13.4. The van der Waals surface area contributed by atoms with Crippen LogP contribution in [0.5, 0.6) is 11.6 Å². The topological polar surface area (TPSA) is 47.4 Å². The molecule has 5 nitrogen and oxygen atoms in total. The van der Waals surface area contributed by atoms with Crippen LogP contribution in [0.1, 0.15) is 37.9 Å². The van der Waals surface area contributed by atoms with Crippen molar-refractivity contribution in [3.63, 3.8) is 0 Å². The van der Waals surface area contributed by atoms with E-state index < -0.39 is 11.6 Å². The Morgan fingerprint density at radius 3 is 2.53 bits per heavy atom. The number of para-hydroxylation sites is 1. The maximum absolute atomic E-state index is 14.4. The molecule has 1 aromatic heterocycles. The van der Waals surface area contributed by atoms with E-state index in [1.807, 2.05) is 56.0 Å². The van der Waals surface area contributed by atoms with Crippen LogP contribution >= 0.6 is 0 Å². The van der Waals surface area contributed by atoms with Gasteiger partial charge >= 0.3 is 0 Å². The Kier molecular flexibility index (Phi) is 6.26. The van der Waals surface area contributed by atoms with Crippen molar-refractivity contribution >= 4 is 5.91 Å². The van der Waals surface area contributed by atoms with Crippen LogP contribution in [0.2, 0.25) is 0 Å². The standard InChI is InChI=1S/C25H27F2N3O2/c1-16(2)24(31)29(14-18-9-10-18)15-21-17(3)28-30(20-7-5-4-6-8-20)25(21)32-23-12-11-19(26)13-22(23)27/h4-8,11-13,16,18H,9-10,14-15H2,1-3H3. The van der Waals surface area contributed by atoms with Gasteiger partial charge in [-0.1, -0.05) is 32.0 Å². The Bertz CT molecular complexity index is 1110. The van der Waals surface area contributed by atoms with Crippen molar-refractivity contribution in [1.82, 2.24) is 14.7 Å². The molecule has 1 amide bonds. The quantitative estimate of drug-likeness (QED) is 0.456. The van der Waals surface area contributed by atoms with E-state index in [1.165, 1.54) is 6.07 Å². The lowest BCUT2D eigenvalue weighted by molar-refractivity contribution is -0.135. The Labute approximate surface area is 186 Å². The molecule has 1 fully saturated rings. The van der Waals surface area contributed by atoms with Crippen LogP contribution in [0.3, 0.4) is 0 Å². The number of aromatic nitrogens is 2. The van der Waals surface area contributed by atoms with Crippen molar-refractivity contribution < 1.29 is 18.3 Å². The summed E-state index contributed by atoms with van der Waals surface area (Å²) in [5, 5.41) is 4.63. The number of carbonyl (C=O) groups is 1. The van der Waals surface area contributed by atoms with Crippen LogP contribution in [-0.4, -0.2) is 27.1 Å². The van der Waals surface area contributed by atoms with Gasteiger partial charge in [0.15, 0.2) is 11.6 Å². The second-order valence-corrected chi connectivity index (χ2v) is 8.61. The van der Waals surface area contributed by atoms with Gasteiger partial charge in [-0.2, -0.15) is 5.10 Å². The number of carbonyl (C=O) groups excluding carboxylic acids is 1.